The molecule has 4 rings (SSSR count). The first-order chi connectivity index (χ1) is 12.1. The number of carbonyl (C=O) groups is 1. The van der Waals surface area contributed by atoms with E-state index in [2.05, 4.69) is 5.32 Å². The van der Waals surface area contributed by atoms with Crippen molar-refractivity contribution in [3.05, 3.63) is 35.4 Å². The van der Waals surface area contributed by atoms with Crippen molar-refractivity contribution in [2.24, 2.45) is 5.92 Å². The normalized spacial score (nSPS) is 30.9. The van der Waals surface area contributed by atoms with Crippen LogP contribution in [0.25, 0.3) is 0 Å². The van der Waals surface area contributed by atoms with Gasteiger partial charge in [-0.1, -0.05) is 25.3 Å². The summed E-state index contributed by atoms with van der Waals surface area (Å²) in [6.07, 6.45) is 8.01. The standard InChI is InChI=1S/C20H25F2NO2/c21-16-5-4-6-17(22)18(16)14-11-15(14)19(24)23-13-7-10-25-20(12-13)8-2-1-3-9-20/h4-6,13-15H,1-3,7-12H2,(H,23,24)/t13-,14-,15+/m1/s1. The van der Waals surface area contributed by atoms with Crippen molar-refractivity contribution in [1.82, 2.24) is 5.32 Å². The lowest BCUT2D eigenvalue weighted by atomic mass is 9.78. The van der Waals surface area contributed by atoms with Gasteiger partial charge in [-0.15, -0.1) is 0 Å². The van der Waals surface area contributed by atoms with Crippen LogP contribution in [0.5, 0.6) is 0 Å². The average molecular weight is 349 g/mol. The molecule has 1 spiro atoms. The van der Waals surface area contributed by atoms with Gasteiger partial charge in [0.25, 0.3) is 0 Å². The van der Waals surface area contributed by atoms with Crippen LogP contribution in [0.4, 0.5) is 8.78 Å². The second kappa shape index (κ2) is 6.67. The molecular formula is C20H25F2NO2. The Kier molecular flexibility index (Phi) is 4.52. The van der Waals surface area contributed by atoms with Gasteiger partial charge in [-0.25, -0.2) is 8.78 Å². The maximum absolute atomic E-state index is 13.9. The lowest BCUT2D eigenvalue weighted by Gasteiger charge is -2.43. The molecule has 2 aliphatic carbocycles. The van der Waals surface area contributed by atoms with E-state index in [9.17, 15) is 13.6 Å². The second-order valence-electron chi connectivity index (χ2n) is 7.87. The smallest absolute Gasteiger partial charge is 0.223 e. The Balaban J connectivity index is 1.37. The van der Waals surface area contributed by atoms with Crippen LogP contribution < -0.4 is 5.32 Å². The number of ether oxygens (including phenoxy) is 1. The molecule has 1 heterocycles. The Labute approximate surface area is 147 Å². The molecule has 1 aromatic carbocycles. The summed E-state index contributed by atoms with van der Waals surface area (Å²) in [5.41, 5.74) is 0.00747. The molecule has 136 valence electrons. The summed E-state index contributed by atoms with van der Waals surface area (Å²) in [4.78, 5) is 12.6. The first kappa shape index (κ1) is 17.0. The Hall–Kier alpha value is -1.49. The van der Waals surface area contributed by atoms with Crippen LogP contribution in [-0.2, 0) is 9.53 Å². The Morgan fingerprint density at radius 3 is 2.60 bits per heavy atom. The Morgan fingerprint density at radius 2 is 1.88 bits per heavy atom. The van der Waals surface area contributed by atoms with Gasteiger partial charge in [0.2, 0.25) is 5.91 Å². The molecule has 3 fully saturated rings. The molecule has 0 unspecified atom stereocenters. The van der Waals surface area contributed by atoms with Gasteiger partial charge in [0, 0.05) is 30.0 Å². The number of carbonyl (C=O) groups excluding carboxylic acids is 1. The van der Waals surface area contributed by atoms with E-state index in [-0.39, 0.29) is 34.9 Å². The molecule has 0 aromatic heterocycles. The molecule has 5 heteroatoms. The van der Waals surface area contributed by atoms with E-state index in [0.29, 0.717) is 13.0 Å². The molecule has 0 radical (unpaired) electrons. The Bertz CT molecular complexity index is 631. The molecule has 3 nitrogen and oxygen atoms in total. The van der Waals surface area contributed by atoms with E-state index >= 15 is 0 Å². The number of hydrogen-bond acceptors (Lipinski definition) is 2. The maximum atomic E-state index is 13.9. The first-order valence-corrected chi connectivity index (χ1v) is 9.46. The van der Waals surface area contributed by atoms with E-state index < -0.39 is 11.6 Å². The fourth-order valence-electron chi connectivity index (χ4n) is 4.67. The Morgan fingerprint density at radius 1 is 1.16 bits per heavy atom. The minimum atomic E-state index is -0.549. The van der Waals surface area contributed by atoms with Gasteiger partial charge < -0.3 is 10.1 Å². The van der Waals surface area contributed by atoms with Gasteiger partial charge >= 0.3 is 0 Å². The maximum Gasteiger partial charge on any atom is 0.223 e. The van der Waals surface area contributed by atoms with Crippen molar-refractivity contribution in [1.29, 1.82) is 0 Å². The number of benzene rings is 1. The van der Waals surface area contributed by atoms with Crippen LogP contribution in [0.3, 0.4) is 0 Å². The number of halogens is 2. The molecule has 3 aliphatic rings. The fraction of sp³-hybridized carbons (Fsp3) is 0.650. The molecule has 1 aliphatic heterocycles. The van der Waals surface area contributed by atoms with Crippen LogP contribution >= 0.6 is 0 Å². The third kappa shape index (κ3) is 3.43. The van der Waals surface area contributed by atoms with Crippen LogP contribution in [0, 0.1) is 17.6 Å². The first-order valence-electron chi connectivity index (χ1n) is 9.46. The summed E-state index contributed by atoms with van der Waals surface area (Å²) in [6.45, 7) is 0.682. The number of nitrogens with one attached hydrogen (secondary N) is 1. The van der Waals surface area contributed by atoms with Crippen LogP contribution in [0.15, 0.2) is 18.2 Å². The fourth-order valence-corrected chi connectivity index (χ4v) is 4.67. The zero-order chi connectivity index (χ0) is 17.4. The SMILES string of the molecule is O=C(N[C@@H]1CCOC2(CCCCC2)C1)[C@H]1C[C@H]1c1c(F)cccc1F. The summed E-state index contributed by atoms with van der Waals surface area (Å²) < 4.78 is 33.8. The molecule has 0 bridgehead atoms. The van der Waals surface area contributed by atoms with E-state index in [0.717, 1.165) is 25.7 Å². The molecule has 1 aromatic rings. The van der Waals surface area contributed by atoms with Crippen molar-refractivity contribution >= 4 is 5.91 Å². The van der Waals surface area contributed by atoms with E-state index in [1.54, 1.807) is 0 Å². The minimum Gasteiger partial charge on any atom is -0.375 e. The third-order valence-corrected chi connectivity index (χ3v) is 6.10. The molecular weight excluding hydrogens is 324 g/mol. The van der Waals surface area contributed by atoms with Gasteiger partial charge in [-0.2, -0.15) is 0 Å². The zero-order valence-corrected chi connectivity index (χ0v) is 14.4. The molecule has 1 amide bonds. The highest BCUT2D eigenvalue weighted by atomic mass is 19.1. The van der Waals surface area contributed by atoms with Gasteiger partial charge in [-0.3, -0.25) is 4.79 Å². The minimum absolute atomic E-state index is 0.0605. The van der Waals surface area contributed by atoms with Crippen molar-refractivity contribution in [3.63, 3.8) is 0 Å². The highest BCUT2D eigenvalue weighted by Gasteiger charge is 2.48. The van der Waals surface area contributed by atoms with Crippen molar-refractivity contribution in [3.8, 4) is 0 Å². The second-order valence-corrected chi connectivity index (χ2v) is 7.87. The molecule has 25 heavy (non-hydrogen) atoms. The predicted octanol–water partition coefficient (Wildman–Crippen LogP) is 4.07. The summed E-state index contributed by atoms with van der Waals surface area (Å²) >= 11 is 0. The predicted molar refractivity (Wildman–Crippen MR) is 90.1 cm³/mol. The topological polar surface area (TPSA) is 38.3 Å². The largest absolute Gasteiger partial charge is 0.375 e. The van der Waals surface area contributed by atoms with Gasteiger partial charge in [0.15, 0.2) is 0 Å². The van der Waals surface area contributed by atoms with E-state index in [1.165, 1.54) is 37.5 Å². The van der Waals surface area contributed by atoms with Crippen molar-refractivity contribution in [2.75, 3.05) is 6.61 Å². The van der Waals surface area contributed by atoms with Gasteiger partial charge in [-0.05, 0) is 44.2 Å². The van der Waals surface area contributed by atoms with E-state index in [4.69, 9.17) is 4.74 Å². The molecule has 2 saturated carbocycles. The average Bonchev–Trinajstić information content (AvgIpc) is 3.36. The van der Waals surface area contributed by atoms with Crippen molar-refractivity contribution < 1.29 is 18.3 Å². The lowest BCUT2D eigenvalue weighted by Crippen LogP contribution is -2.49. The quantitative estimate of drug-likeness (QED) is 0.893. The lowest BCUT2D eigenvalue weighted by molar-refractivity contribution is -0.129. The van der Waals surface area contributed by atoms with Crippen LogP contribution in [0.2, 0.25) is 0 Å². The van der Waals surface area contributed by atoms with E-state index in [1.807, 2.05) is 0 Å². The number of amides is 1. The zero-order valence-electron chi connectivity index (χ0n) is 14.4. The summed E-state index contributed by atoms with van der Waals surface area (Å²) in [5, 5.41) is 3.13. The summed E-state index contributed by atoms with van der Waals surface area (Å²) in [7, 11) is 0. The van der Waals surface area contributed by atoms with Crippen LogP contribution in [0.1, 0.15) is 62.8 Å². The van der Waals surface area contributed by atoms with Gasteiger partial charge in [0.1, 0.15) is 11.6 Å². The van der Waals surface area contributed by atoms with Crippen molar-refractivity contribution in [2.45, 2.75) is 68.9 Å². The monoisotopic (exact) mass is 349 g/mol. The number of hydrogen-bond donors (Lipinski definition) is 1. The molecule has 1 N–H and O–H groups in total. The van der Waals surface area contributed by atoms with Gasteiger partial charge in [0.05, 0.1) is 5.60 Å². The highest BCUT2D eigenvalue weighted by molar-refractivity contribution is 5.83. The third-order valence-electron chi connectivity index (χ3n) is 6.10. The summed E-state index contributed by atoms with van der Waals surface area (Å²) in [5.74, 6) is -1.80. The molecule has 1 saturated heterocycles. The molecule has 3 atom stereocenters. The summed E-state index contributed by atoms with van der Waals surface area (Å²) in [6, 6.07) is 4.00. The highest BCUT2D eigenvalue weighted by Crippen LogP contribution is 2.49. The number of rotatable bonds is 3. The van der Waals surface area contributed by atoms with Crippen LogP contribution in [-0.4, -0.2) is 24.2 Å².